The van der Waals surface area contributed by atoms with Crippen LogP contribution in [0.15, 0.2) is 11.1 Å². The van der Waals surface area contributed by atoms with Gasteiger partial charge in [-0.25, -0.2) is 4.99 Å². The van der Waals surface area contributed by atoms with Crippen LogP contribution in [0.2, 0.25) is 0 Å². The average molecular weight is 638 g/mol. The van der Waals surface area contributed by atoms with Gasteiger partial charge in [0, 0.05) is 31.2 Å². The molecule has 0 unspecified atom stereocenters. The van der Waals surface area contributed by atoms with Crippen LogP contribution in [0.5, 0.6) is 0 Å². The van der Waals surface area contributed by atoms with Crippen molar-refractivity contribution in [3.63, 3.8) is 0 Å². The summed E-state index contributed by atoms with van der Waals surface area (Å²) in [5.74, 6) is -0.775. The van der Waals surface area contributed by atoms with E-state index in [2.05, 4.69) is 72.8 Å². The molecule has 0 spiro atoms. The second kappa shape index (κ2) is 10.4. The zero-order valence-electron chi connectivity index (χ0n) is 11.2. The van der Waals surface area contributed by atoms with Gasteiger partial charge in [-0.1, -0.05) is 0 Å². The van der Waals surface area contributed by atoms with Gasteiger partial charge in [0.25, 0.3) is 0 Å². The van der Waals surface area contributed by atoms with E-state index in [1.54, 1.807) is 6.34 Å². The van der Waals surface area contributed by atoms with Gasteiger partial charge in [-0.15, -0.1) is 0 Å². The first-order valence-electron chi connectivity index (χ1n) is 5.41. The quantitative estimate of drug-likeness (QED) is 0.233. The number of hydrogen-bond acceptors (Lipinski definition) is 2. The largest absolute Gasteiger partial charge is 2.00 e. The van der Waals surface area contributed by atoms with Gasteiger partial charge in [0.15, 0.2) is 0 Å². The molecule has 1 aromatic carbocycles. The molecule has 0 aliphatic heterocycles. The Kier molecular flexibility index (Phi) is 11.2. The number of rotatable bonds is 5. The molecule has 0 fully saturated rings. The zero-order valence-corrected chi connectivity index (χ0v) is 19.8. The second-order valence-corrected chi connectivity index (χ2v) is 7.49. The molecule has 20 heavy (non-hydrogen) atoms. The third-order valence-electron chi connectivity index (χ3n) is 2.25. The predicted octanol–water partition coefficient (Wildman–Crippen LogP) is 3.36. The average Bonchev–Trinajstić information content (AvgIpc) is 2.27. The fraction of sp³-hybridized carbons (Fsp3) is 0.333. The van der Waals surface area contributed by atoms with Crippen molar-refractivity contribution in [3.05, 3.63) is 22.3 Å². The van der Waals surface area contributed by atoms with Crippen LogP contribution in [0.4, 0.5) is 5.69 Å². The van der Waals surface area contributed by atoms with Crippen molar-refractivity contribution in [2.24, 2.45) is 4.99 Å². The minimum Gasteiger partial charge on any atom is -0.481 e. The number of benzene rings is 1. The molecule has 1 aromatic rings. The van der Waals surface area contributed by atoms with E-state index in [0.29, 0.717) is 6.42 Å². The summed E-state index contributed by atoms with van der Waals surface area (Å²) >= 11 is 6.76. The second-order valence-electron chi connectivity index (χ2n) is 4.08. The normalized spacial score (nSPS) is 10.4. The van der Waals surface area contributed by atoms with E-state index in [4.69, 9.17) is 5.11 Å². The zero-order chi connectivity index (χ0) is 14.6. The minimum absolute atomic E-state index is 0. The van der Waals surface area contributed by atoms with Gasteiger partial charge in [0.2, 0.25) is 0 Å². The van der Waals surface area contributed by atoms with E-state index >= 15 is 0 Å². The molecule has 0 aliphatic rings. The summed E-state index contributed by atoms with van der Waals surface area (Å²) in [6, 6.07) is 2.04. The van der Waals surface area contributed by atoms with Crippen molar-refractivity contribution in [1.82, 2.24) is 4.90 Å². The molecule has 1 N–H and O–H groups in total. The third-order valence-corrected chi connectivity index (χ3v) is 5.19. The molecule has 0 aliphatic carbocycles. The molecule has 0 heterocycles. The Bertz CT molecular complexity index is 522. The van der Waals surface area contributed by atoms with Crippen molar-refractivity contribution < 1.29 is 9.90 Å². The fourth-order valence-electron chi connectivity index (χ4n) is 1.37. The van der Waals surface area contributed by atoms with Gasteiger partial charge < -0.3 is 10.0 Å². The molecule has 0 radical (unpaired) electrons. The maximum atomic E-state index is 10.7. The summed E-state index contributed by atoms with van der Waals surface area (Å²) in [7, 11) is 3.84. The Labute approximate surface area is 189 Å². The minimum atomic E-state index is -0.775. The van der Waals surface area contributed by atoms with Gasteiger partial charge in [0.05, 0.1) is 12.0 Å². The van der Waals surface area contributed by atoms with Crippen molar-refractivity contribution in [1.29, 1.82) is 0 Å². The monoisotopic (exact) mass is 638 g/mol. The van der Waals surface area contributed by atoms with Crippen molar-refractivity contribution in [2.45, 2.75) is 12.8 Å². The number of carboxylic acid groups (broad SMARTS) is 1. The molecular weight excluding hydrogens is 625 g/mol. The SMILES string of the molecule is CN(C)C=Nc1c(I)cc(I)c(CCC(=O)O)c1I.[Ca+2]. The van der Waals surface area contributed by atoms with Crippen LogP contribution < -0.4 is 0 Å². The Hall–Kier alpha value is 1.61. The number of carboxylic acids is 1. The summed E-state index contributed by atoms with van der Waals surface area (Å²) in [6.07, 6.45) is 2.43. The Morgan fingerprint density at radius 2 is 1.95 bits per heavy atom. The Balaban J connectivity index is 0.00000361. The molecular formula is C12H13CaI3N2O2+2. The maximum absolute atomic E-state index is 10.7. The number of carbonyl (C=O) groups is 1. The molecule has 0 saturated heterocycles. The maximum Gasteiger partial charge on any atom is 2.00 e. The van der Waals surface area contributed by atoms with E-state index in [9.17, 15) is 4.79 Å². The molecule has 8 heteroatoms. The summed E-state index contributed by atoms with van der Waals surface area (Å²) in [4.78, 5) is 17.1. The number of hydrogen-bond donors (Lipinski definition) is 1. The first-order valence-corrected chi connectivity index (χ1v) is 8.65. The first kappa shape index (κ1) is 21.6. The number of halogens is 3. The summed E-state index contributed by atoms with van der Waals surface area (Å²) < 4.78 is 3.20. The van der Waals surface area contributed by atoms with Gasteiger partial charge >= 0.3 is 43.7 Å². The van der Waals surface area contributed by atoms with Crippen LogP contribution in [0.1, 0.15) is 12.0 Å². The van der Waals surface area contributed by atoms with Crippen LogP contribution in [-0.4, -0.2) is 74.1 Å². The molecule has 104 valence electrons. The standard InChI is InChI=1S/C12H13I3N2O2.Ca/c1-17(2)6-16-12-9(14)5-8(13)7(11(12)15)3-4-10(18)19;/h5-6H,3-4H2,1-2H3,(H,18,19);/q;+2. The third kappa shape index (κ3) is 6.80. The van der Waals surface area contributed by atoms with E-state index in [-0.39, 0.29) is 44.2 Å². The molecule has 1 rings (SSSR count). The van der Waals surface area contributed by atoms with Gasteiger partial charge in [-0.3, -0.25) is 4.79 Å². The van der Waals surface area contributed by atoms with E-state index in [0.717, 1.165) is 22.0 Å². The van der Waals surface area contributed by atoms with E-state index < -0.39 is 5.97 Å². The number of aliphatic imine (C=N–C) groups is 1. The summed E-state index contributed by atoms with van der Waals surface area (Å²) in [6.45, 7) is 0. The van der Waals surface area contributed by atoms with Crippen molar-refractivity contribution in [2.75, 3.05) is 14.1 Å². The summed E-state index contributed by atoms with van der Waals surface area (Å²) in [5, 5.41) is 8.81. The first-order chi connectivity index (χ1) is 8.82. The molecule has 0 atom stereocenters. The molecule has 0 bridgehead atoms. The Morgan fingerprint density at radius 1 is 1.35 bits per heavy atom. The topological polar surface area (TPSA) is 52.9 Å². The van der Waals surface area contributed by atoms with Crippen LogP contribution in [-0.2, 0) is 11.2 Å². The van der Waals surface area contributed by atoms with Crippen LogP contribution in [0.25, 0.3) is 0 Å². The van der Waals surface area contributed by atoms with Crippen LogP contribution in [0.3, 0.4) is 0 Å². The molecule has 4 nitrogen and oxygen atoms in total. The smallest absolute Gasteiger partial charge is 0.481 e. The Morgan fingerprint density at radius 3 is 2.45 bits per heavy atom. The number of aliphatic carboxylic acids is 1. The van der Waals surface area contributed by atoms with E-state index in [1.807, 2.05) is 25.1 Å². The van der Waals surface area contributed by atoms with Crippen LogP contribution >= 0.6 is 67.8 Å². The van der Waals surface area contributed by atoms with Crippen LogP contribution in [0, 0.1) is 10.7 Å². The van der Waals surface area contributed by atoms with Gasteiger partial charge in [-0.05, 0) is 85.8 Å². The summed E-state index contributed by atoms with van der Waals surface area (Å²) in [5.41, 5.74) is 1.98. The fourth-order valence-corrected chi connectivity index (χ4v) is 5.56. The molecule has 0 saturated carbocycles. The van der Waals surface area contributed by atoms with Gasteiger partial charge in [-0.2, -0.15) is 0 Å². The molecule has 0 amide bonds. The van der Waals surface area contributed by atoms with E-state index in [1.165, 1.54) is 0 Å². The molecule has 0 aromatic heterocycles. The number of nitrogens with zero attached hydrogens (tertiary/aromatic N) is 2. The van der Waals surface area contributed by atoms with Crippen molar-refractivity contribution in [3.8, 4) is 0 Å². The van der Waals surface area contributed by atoms with Gasteiger partial charge in [0.1, 0.15) is 0 Å². The predicted molar refractivity (Wildman–Crippen MR) is 108 cm³/mol. The van der Waals surface area contributed by atoms with Crippen molar-refractivity contribution >= 4 is 124 Å².